The Morgan fingerprint density at radius 1 is 1.24 bits per heavy atom. The number of aliphatic imine (C=N–C) groups is 1. The molecule has 25 heavy (non-hydrogen) atoms. The lowest BCUT2D eigenvalue weighted by atomic mass is 9.80. The average Bonchev–Trinajstić information content (AvgIpc) is 2.52. The van der Waals surface area contributed by atoms with Gasteiger partial charge in [-0.1, -0.05) is 30.1 Å². The zero-order valence-electron chi connectivity index (χ0n) is 14.8. The van der Waals surface area contributed by atoms with Gasteiger partial charge < -0.3 is 10.0 Å². The van der Waals surface area contributed by atoms with Crippen LogP contribution in [0.25, 0.3) is 0 Å². The second-order valence-electron chi connectivity index (χ2n) is 7.30. The van der Waals surface area contributed by atoms with Crippen LogP contribution in [0, 0.1) is 0 Å². The van der Waals surface area contributed by atoms with Crippen LogP contribution in [0.5, 0.6) is 5.75 Å². The second kappa shape index (κ2) is 6.54. The summed E-state index contributed by atoms with van der Waals surface area (Å²) in [5, 5.41) is 11.0. The molecule has 1 aliphatic heterocycles. The molecule has 132 valence electrons. The number of rotatable bonds is 2. The van der Waals surface area contributed by atoms with Crippen molar-refractivity contribution in [3.63, 3.8) is 0 Å². The molecule has 1 heterocycles. The third kappa shape index (κ3) is 3.49. The van der Waals surface area contributed by atoms with Crippen LogP contribution in [0.4, 0.5) is 11.4 Å². The minimum Gasteiger partial charge on any atom is -0.506 e. The average molecular weight is 377 g/mol. The molecule has 1 atom stereocenters. The fraction of sp³-hybridized carbons (Fsp3) is 0.350. The number of phenols is 1. The molecule has 2 aromatic rings. The zero-order chi connectivity index (χ0) is 18.4. The Balaban J connectivity index is 1.99. The van der Waals surface area contributed by atoms with Crippen LogP contribution < -0.4 is 4.90 Å². The van der Waals surface area contributed by atoms with Gasteiger partial charge in [-0.15, -0.1) is 0 Å². The lowest BCUT2D eigenvalue weighted by Crippen LogP contribution is -2.45. The first-order chi connectivity index (χ1) is 11.7. The van der Waals surface area contributed by atoms with Crippen LogP contribution in [0.15, 0.2) is 35.3 Å². The summed E-state index contributed by atoms with van der Waals surface area (Å²) >= 11 is 12.4. The largest absolute Gasteiger partial charge is 0.506 e. The molecular formula is C20H22Cl2N2O. The Morgan fingerprint density at radius 3 is 2.64 bits per heavy atom. The van der Waals surface area contributed by atoms with Gasteiger partial charge in [0.05, 0.1) is 5.02 Å². The number of aromatic hydroxyl groups is 1. The Labute approximate surface area is 158 Å². The summed E-state index contributed by atoms with van der Waals surface area (Å²) < 4.78 is 0. The maximum atomic E-state index is 9.93. The molecule has 1 aliphatic rings. The molecule has 0 saturated carbocycles. The van der Waals surface area contributed by atoms with Crippen molar-refractivity contribution >= 4 is 40.8 Å². The molecule has 0 bridgehead atoms. The third-order valence-corrected chi connectivity index (χ3v) is 5.59. The van der Waals surface area contributed by atoms with E-state index in [0.29, 0.717) is 21.7 Å². The summed E-state index contributed by atoms with van der Waals surface area (Å²) in [5.41, 5.74) is 3.84. The number of hydrogen-bond donors (Lipinski definition) is 1. The van der Waals surface area contributed by atoms with Crippen molar-refractivity contribution in [3.05, 3.63) is 51.5 Å². The topological polar surface area (TPSA) is 35.8 Å². The molecule has 0 saturated heterocycles. The molecule has 3 rings (SSSR count). The van der Waals surface area contributed by atoms with Crippen LogP contribution in [0.2, 0.25) is 10.0 Å². The molecular weight excluding hydrogens is 355 g/mol. The number of anilines is 1. The van der Waals surface area contributed by atoms with E-state index in [4.69, 9.17) is 23.2 Å². The quantitative estimate of drug-likeness (QED) is 0.635. The van der Waals surface area contributed by atoms with Gasteiger partial charge in [-0.25, -0.2) is 0 Å². The van der Waals surface area contributed by atoms with Gasteiger partial charge >= 0.3 is 0 Å². The molecule has 1 N–H and O–H groups in total. The molecule has 0 radical (unpaired) electrons. The molecule has 0 aliphatic carbocycles. The predicted molar refractivity (Wildman–Crippen MR) is 107 cm³/mol. The lowest BCUT2D eigenvalue weighted by Gasteiger charge is -2.45. The number of benzene rings is 2. The molecule has 5 heteroatoms. The molecule has 1 unspecified atom stereocenters. The van der Waals surface area contributed by atoms with Crippen molar-refractivity contribution in [2.75, 3.05) is 11.9 Å². The van der Waals surface area contributed by atoms with E-state index in [0.717, 1.165) is 12.0 Å². The summed E-state index contributed by atoms with van der Waals surface area (Å²) in [5.74, 6) is 0.488. The minimum absolute atomic E-state index is 0.0488. The van der Waals surface area contributed by atoms with Gasteiger partial charge in [0.1, 0.15) is 11.4 Å². The van der Waals surface area contributed by atoms with E-state index < -0.39 is 0 Å². The van der Waals surface area contributed by atoms with Gasteiger partial charge in [-0.2, -0.15) is 0 Å². The van der Waals surface area contributed by atoms with E-state index in [1.165, 1.54) is 17.3 Å². The second-order valence-corrected chi connectivity index (χ2v) is 8.14. The summed E-state index contributed by atoms with van der Waals surface area (Å²) in [6.45, 7) is 6.74. The highest BCUT2D eigenvalue weighted by atomic mass is 35.5. The van der Waals surface area contributed by atoms with E-state index in [2.05, 4.69) is 43.8 Å². The van der Waals surface area contributed by atoms with Gasteiger partial charge in [0, 0.05) is 41.1 Å². The standard InChI is InChI=1S/C20H22Cl2N2O/c1-12-10-20(2,3)24(4)18-9-16(22)13(7-15(12)18)11-23-17-6-5-14(21)8-19(17)25/h5-9,11-12,25H,10H2,1-4H3. The van der Waals surface area contributed by atoms with Crippen molar-refractivity contribution in [2.24, 2.45) is 4.99 Å². The monoisotopic (exact) mass is 376 g/mol. The smallest absolute Gasteiger partial charge is 0.142 e. The van der Waals surface area contributed by atoms with E-state index in [-0.39, 0.29) is 11.3 Å². The molecule has 0 amide bonds. The summed E-state index contributed by atoms with van der Waals surface area (Å²) in [4.78, 5) is 6.66. The fourth-order valence-corrected chi connectivity index (χ4v) is 3.82. The van der Waals surface area contributed by atoms with E-state index in [9.17, 15) is 5.11 Å². The Morgan fingerprint density at radius 2 is 1.96 bits per heavy atom. The fourth-order valence-electron chi connectivity index (χ4n) is 3.45. The first kappa shape index (κ1) is 18.1. The molecule has 0 fully saturated rings. The van der Waals surface area contributed by atoms with Gasteiger partial charge in [-0.3, -0.25) is 4.99 Å². The Hall–Kier alpha value is -1.71. The first-order valence-corrected chi connectivity index (χ1v) is 9.04. The van der Waals surface area contributed by atoms with Gasteiger partial charge in [0.2, 0.25) is 0 Å². The van der Waals surface area contributed by atoms with Crippen molar-refractivity contribution in [1.29, 1.82) is 0 Å². The maximum Gasteiger partial charge on any atom is 0.142 e. The van der Waals surface area contributed by atoms with Crippen LogP contribution in [0.1, 0.15) is 44.2 Å². The van der Waals surface area contributed by atoms with Crippen molar-refractivity contribution in [2.45, 2.75) is 38.6 Å². The SMILES string of the molecule is CC1CC(C)(C)N(C)c2cc(Cl)c(C=Nc3ccc(Cl)cc3O)cc21. The van der Waals surface area contributed by atoms with Crippen LogP contribution >= 0.6 is 23.2 Å². The number of halogens is 2. The summed E-state index contributed by atoms with van der Waals surface area (Å²) in [7, 11) is 2.11. The molecule has 3 nitrogen and oxygen atoms in total. The van der Waals surface area contributed by atoms with Crippen molar-refractivity contribution in [3.8, 4) is 5.75 Å². The highest BCUT2D eigenvalue weighted by molar-refractivity contribution is 6.33. The molecule has 0 aromatic heterocycles. The number of nitrogens with zero attached hydrogens (tertiary/aromatic N) is 2. The maximum absolute atomic E-state index is 9.93. The lowest BCUT2D eigenvalue weighted by molar-refractivity contribution is 0.395. The van der Waals surface area contributed by atoms with E-state index in [1.807, 2.05) is 6.07 Å². The zero-order valence-corrected chi connectivity index (χ0v) is 16.4. The van der Waals surface area contributed by atoms with Crippen LogP contribution in [0.3, 0.4) is 0 Å². The van der Waals surface area contributed by atoms with Crippen LogP contribution in [-0.2, 0) is 0 Å². The minimum atomic E-state index is 0.0488. The van der Waals surface area contributed by atoms with E-state index >= 15 is 0 Å². The van der Waals surface area contributed by atoms with Gasteiger partial charge in [0.15, 0.2) is 0 Å². The van der Waals surface area contributed by atoms with Crippen LogP contribution in [-0.4, -0.2) is 23.9 Å². The number of fused-ring (bicyclic) bond motifs is 1. The molecule has 2 aromatic carbocycles. The highest BCUT2D eigenvalue weighted by Crippen LogP contribution is 2.44. The third-order valence-electron chi connectivity index (χ3n) is 5.03. The first-order valence-electron chi connectivity index (χ1n) is 8.29. The summed E-state index contributed by atoms with van der Waals surface area (Å²) in [6.07, 6.45) is 2.77. The van der Waals surface area contributed by atoms with Gasteiger partial charge in [0.25, 0.3) is 0 Å². The molecule has 0 spiro atoms. The number of hydrogen-bond acceptors (Lipinski definition) is 3. The van der Waals surface area contributed by atoms with Gasteiger partial charge in [-0.05, 0) is 56.0 Å². The van der Waals surface area contributed by atoms with Crippen molar-refractivity contribution < 1.29 is 5.11 Å². The Bertz CT molecular complexity index is 846. The summed E-state index contributed by atoms with van der Waals surface area (Å²) in [6, 6.07) is 8.96. The highest BCUT2D eigenvalue weighted by Gasteiger charge is 2.34. The van der Waals surface area contributed by atoms with Crippen molar-refractivity contribution in [1.82, 2.24) is 0 Å². The Kier molecular flexibility index (Phi) is 4.74. The van der Waals surface area contributed by atoms with E-state index in [1.54, 1.807) is 18.3 Å². The predicted octanol–water partition coefficient (Wildman–Crippen LogP) is 6.17. The number of phenolic OH excluding ortho intramolecular Hbond substituents is 1. The normalized spacial score (nSPS) is 19.3.